The molecule has 26 heavy (non-hydrogen) atoms. The molecule has 0 unspecified atom stereocenters. The zero-order chi connectivity index (χ0) is 18.3. The Kier molecular flexibility index (Phi) is 4.20. The van der Waals surface area contributed by atoms with E-state index in [4.69, 9.17) is 0 Å². The Balaban J connectivity index is 1.74. The van der Waals surface area contributed by atoms with Crippen molar-refractivity contribution in [2.75, 3.05) is 10.5 Å². The van der Waals surface area contributed by atoms with Gasteiger partial charge in [0.2, 0.25) is 0 Å². The van der Waals surface area contributed by atoms with Crippen LogP contribution < -0.4 is 4.72 Å². The van der Waals surface area contributed by atoms with Gasteiger partial charge in [0.05, 0.1) is 11.4 Å². The van der Waals surface area contributed by atoms with Crippen molar-refractivity contribution in [2.24, 2.45) is 0 Å². The molecule has 0 radical (unpaired) electrons. The fraction of sp³-hybridized carbons (Fsp3) is 0.118. The number of nitrogens with zero attached hydrogens (tertiary/aromatic N) is 2. The molecule has 0 fully saturated rings. The maximum absolute atomic E-state index is 13.9. The molecule has 0 amide bonds. The van der Waals surface area contributed by atoms with Crippen molar-refractivity contribution >= 4 is 27.5 Å². The van der Waals surface area contributed by atoms with Crippen molar-refractivity contribution in [1.82, 2.24) is 9.55 Å². The smallest absolute Gasteiger partial charge is 0.264 e. The van der Waals surface area contributed by atoms with Crippen LogP contribution in [0.3, 0.4) is 0 Å². The molecule has 1 aliphatic rings. The third-order valence-electron chi connectivity index (χ3n) is 3.93. The Morgan fingerprint density at radius 1 is 1.15 bits per heavy atom. The van der Waals surface area contributed by atoms with Gasteiger partial charge < -0.3 is 4.57 Å². The van der Waals surface area contributed by atoms with Crippen LogP contribution in [0.25, 0.3) is 11.3 Å². The number of anilines is 1. The summed E-state index contributed by atoms with van der Waals surface area (Å²) in [5.74, 6) is -0.896. The average Bonchev–Trinajstić information content (AvgIpc) is 3.19. The second-order valence-corrected chi connectivity index (χ2v) is 8.39. The van der Waals surface area contributed by atoms with Crippen LogP contribution >= 0.6 is 11.8 Å². The maximum Gasteiger partial charge on any atom is 0.264 e. The lowest BCUT2D eigenvalue weighted by atomic mass is 10.1. The average molecular weight is 393 g/mol. The van der Waals surface area contributed by atoms with Gasteiger partial charge in [-0.05, 0) is 24.3 Å². The summed E-state index contributed by atoms with van der Waals surface area (Å²) in [5.41, 5.74) is 1.43. The minimum absolute atomic E-state index is 0.248. The monoisotopic (exact) mass is 393 g/mol. The van der Waals surface area contributed by atoms with Crippen LogP contribution in [0.4, 0.5) is 14.5 Å². The number of hydrogen-bond donors (Lipinski definition) is 1. The Labute approximate surface area is 153 Å². The number of halogens is 2. The zero-order valence-corrected chi connectivity index (χ0v) is 14.9. The highest BCUT2D eigenvalue weighted by atomic mass is 32.2. The van der Waals surface area contributed by atoms with Gasteiger partial charge in [-0.15, -0.1) is 0 Å². The standard InChI is InChI=1S/C17H13F2N3O2S2/c18-11-5-6-13(19)16(9-11)26(23,24)21-14-4-2-1-3-12(14)15-10-22-7-8-25-17(22)20-15/h1-6,9-10,21H,7-8H2. The number of imidazole rings is 1. The molecule has 1 aliphatic heterocycles. The Bertz CT molecular complexity index is 1080. The molecule has 134 valence electrons. The van der Waals surface area contributed by atoms with Gasteiger partial charge in [0.25, 0.3) is 10.0 Å². The summed E-state index contributed by atoms with van der Waals surface area (Å²) in [6.45, 7) is 0.843. The second kappa shape index (κ2) is 6.40. The van der Waals surface area contributed by atoms with Gasteiger partial charge in [-0.2, -0.15) is 0 Å². The van der Waals surface area contributed by atoms with Crippen molar-refractivity contribution in [3.63, 3.8) is 0 Å². The number of aromatic nitrogens is 2. The predicted octanol–water partition coefficient (Wildman–Crippen LogP) is 3.73. The molecule has 3 aromatic rings. The molecule has 0 saturated heterocycles. The third kappa shape index (κ3) is 3.08. The number of hydrogen-bond acceptors (Lipinski definition) is 4. The number of thioether (sulfide) groups is 1. The van der Waals surface area contributed by atoms with Crippen LogP contribution in [-0.4, -0.2) is 23.7 Å². The van der Waals surface area contributed by atoms with Gasteiger partial charge in [-0.3, -0.25) is 4.72 Å². The molecule has 4 rings (SSSR count). The number of sulfonamides is 1. The van der Waals surface area contributed by atoms with E-state index in [9.17, 15) is 17.2 Å². The first kappa shape index (κ1) is 17.0. The molecule has 2 heterocycles. The topological polar surface area (TPSA) is 64.0 Å². The number of para-hydroxylation sites is 1. The largest absolute Gasteiger partial charge is 0.325 e. The minimum Gasteiger partial charge on any atom is -0.325 e. The van der Waals surface area contributed by atoms with E-state index in [1.165, 1.54) is 0 Å². The number of aryl methyl sites for hydroxylation is 1. The quantitative estimate of drug-likeness (QED) is 0.734. The van der Waals surface area contributed by atoms with Gasteiger partial charge in [-0.25, -0.2) is 22.2 Å². The molecule has 0 bridgehead atoms. The van der Waals surface area contributed by atoms with Gasteiger partial charge in [-0.1, -0.05) is 30.0 Å². The molecular formula is C17H13F2N3O2S2. The van der Waals surface area contributed by atoms with Crippen LogP contribution in [0.5, 0.6) is 0 Å². The van der Waals surface area contributed by atoms with E-state index in [1.807, 2.05) is 10.8 Å². The molecule has 9 heteroatoms. The van der Waals surface area contributed by atoms with Gasteiger partial charge in [0.15, 0.2) is 5.16 Å². The molecule has 0 saturated carbocycles. The first-order valence-electron chi connectivity index (χ1n) is 7.71. The van der Waals surface area contributed by atoms with Crippen LogP contribution in [0.2, 0.25) is 0 Å². The highest BCUT2D eigenvalue weighted by molar-refractivity contribution is 7.99. The lowest BCUT2D eigenvalue weighted by molar-refractivity contribution is 0.555. The molecule has 1 N–H and O–H groups in total. The van der Waals surface area contributed by atoms with Crippen LogP contribution in [0, 0.1) is 11.6 Å². The zero-order valence-electron chi connectivity index (χ0n) is 13.3. The van der Waals surface area contributed by atoms with E-state index in [0.717, 1.165) is 29.6 Å². The fourth-order valence-electron chi connectivity index (χ4n) is 2.72. The molecule has 5 nitrogen and oxygen atoms in total. The lowest BCUT2D eigenvalue weighted by Crippen LogP contribution is -2.15. The maximum atomic E-state index is 13.9. The first-order chi connectivity index (χ1) is 12.4. The summed E-state index contributed by atoms with van der Waals surface area (Å²) >= 11 is 1.62. The second-order valence-electron chi connectivity index (χ2n) is 5.68. The first-order valence-corrected chi connectivity index (χ1v) is 10.2. The summed E-state index contributed by atoms with van der Waals surface area (Å²) in [7, 11) is -4.30. The van der Waals surface area contributed by atoms with Crippen molar-refractivity contribution in [1.29, 1.82) is 0 Å². The third-order valence-corrected chi connectivity index (χ3v) is 6.28. The molecule has 1 aromatic heterocycles. The predicted molar refractivity (Wildman–Crippen MR) is 95.6 cm³/mol. The van der Waals surface area contributed by atoms with Gasteiger partial charge >= 0.3 is 0 Å². The number of rotatable bonds is 4. The van der Waals surface area contributed by atoms with E-state index < -0.39 is 26.6 Å². The number of benzene rings is 2. The summed E-state index contributed by atoms with van der Waals surface area (Å²) < 4.78 is 56.7. The highest BCUT2D eigenvalue weighted by Gasteiger charge is 2.23. The minimum atomic E-state index is -4.30. The Hall–Kier alpha value is -2.39. The van der Waals surface area contributed by atoms with E-state index in [1.54, 1.807) is 36.0 Å². The van der Waals surface area contributed by atoms with Crippen molar-refractivity contribution < 1.29 is 17.2 Å². The normalized spacial score (nSPS) is 13.6. The number of fused-ring (bicyclic) bond motifs is 1. The highest BCUT2D eigenvalue weighted by Crippen LogP contribution is 2.33. The lowest BCUT2D eigenvalue weighted by Gasteiger charge is -2.12. The molecule has 0 aliphatic carbocycles. The van der Waals surface area contributed by atoms with Crippen LogP contribution in [-0.2, 0) is 16.6 Å². The van der Waals surface area contributed by atoms with E-state index in [-0.39, 0.29) is 5.69 Å². The summed E-state index contributed by atoms with van der Waals surface area (Å²) in [5, 5.41) is 0.869. The van der Waals surface area contributed by atoms with Gasteiger partial charge in [0, 0.05) is 24.1 Å². The Morgan fingerprint density at radius 3 is 2.77 bits per heavy atom. The molecule has 0 spiro atoms. The van der Waals surface area contributed by atoms with E-state index in [0.29, 0.717) is 17.3 Å². The summed E-state index contributed by atoms with van der Waals surface area (Å²) in [4.78, 5) is 3.77. The summed E-state index contributed by atoms with van der Waals surface area (Å²) in [6.07, 6.45) is 1.85. The van der Waals surface area contributed by atoms with Crippen molar-refractivity contribution in [3.05, 3.63) is 60.3 Å². The van der Waals surface area contributed by atoms with Crippen molar-refractivity contribution in [3.8, 4) is 11.3 Å². The van der Waals surface area contributed by atoms with Gasteiger partial charge in [0.1, 0.15) is 16.5 Å². The number of nitrogens with one attached hydrogen (secondary N) is 1. The van der Waals surface area contributed by atoms with Crippen molar-refractivity contribution in [2.45, 2.75) is 16.6 Å². The van der Waals surface area contributed by atoms with Crippen LogP contribution in [0.15, 0.2) is 58.7 Å². The summed E-state index contributed by atoms with van der Waals surface area (Å²) in [6, 6.07) is 9.00. The van der Waals surface area contributed by atoms with Crippen LogP contribution in [0.1, 0.15) is 0 Å². The SMILES string of the molecule is O=S(=O)(Nc1ccccc1-c1cn2c(n1)SCC2)c1cc(F)ccc1F. The molecule has 0 atom stereocenters. The molecule has 2 aromatic carbocycles. The van der Waals surface area contributed by atoms with E-state index in [2.05, 4.69) is 9.71 Å². The molecular weight excluding hydrogens is 380 g/mol. The Morgan fingerprint density at radius 2 is 1.96 bits per heavy atom. The van der Waals surface area contributed by atoms with E-state index >= 15 is 0 Å². The fourth-order valence-corrected chi connectivity index (χ4v) is 4.83.